The summed E-state index contributed by atoms with van der Waals surface area (Å²) in [5.74, 6) is -2.12. The highest BCUT2D eigenvalue weighted by atomic mass is 19.4. The van der Waals surface area contributed by atoms with Crippen LogP contribution in [0.5, 0.6) is 17.2 Å². The molecule has 1 fully saturated rings. The molecule has 1 heterocycles. The van der Waals surface area contributed by atoms with Crippen molar-refractivity contribution < 1.29 is 35.8 Å². The third kappa shape index (κ3) is 4.97. The van der Waals surface area contributed by atoms with Gasteiger partial charge >= 0.3 is 12.5 Å². The Morgan fingerprint density at radius 3 is 2.17 bits per heavy atom. The summed E-state index contributed by atoms with van der Waals surface area (Å²) in [6, 6.07) is 12.9. The molecule has 160 valence electrons. The maximum absolute atomic E-state index is 13.1. The summed E-state index contributed by atoms with van der Waals surface area (Å²) >= 11 is 0. The molecule has 0 aliphatic carbocycles. The topological polar surface area (TPSA) is 54.3 Å². The number of rotatable bonds is 5. The second kappa shape index (κ2) is 8.07. The molecule has 3 rings (SSSR count). The lowest BCUT2D eigenvalue weighted by Crippen LogP contribution is -2.36. The van der Waals surface area contributed by atoms with E-state index in [1.807, 2.05) is 6.07 Å². The van der Waals surface area contributed by atoms with Gasteiger partial charge in [-0.1, -0.05) is 24.3 Å². The first-order valence-electron chi connectivity index (χ1n) is 8.84. The third-order valence-electron chi connectivity index (χ3n) is 4.84. The number of benzene rings is 2. The van der Waals surface area contributed by atoms with Gasteiger partial charge < -0.3 is 14.8 Å². The average molecular weight is 430 g/mol. The number of nitrogens with zero attached hydrogens (tertiary/aromatic N) is 1. The predicted molar refractivity (Wildman–Crippen MR) is 93.7 cm³/mol. The van der Waals surface area contributed by atoms with Gasteiger partial charge in [-0.2, -0.15) is 18.4 Å². The van der Waals surface area contributed by atoms with Gasteiger partial charge in [0, 0.05) is 6.54 Å². The smallest absolute Gasteiger partial charge is 0.453 e. The van der Waals surface area contributed by atoms with Crippen molar-refractivity contribution in [3.05, 3.63) is 54.1 Å². The fourth-order valence-corrected chi connectivity index (χ4v) is 3.42. The Kier molecular flexibility index (Phi) is 5.85. The van der Waals surface area contributed by atoms with E-state index in [4.69, 9.17) is 10.00 Å². The molecule has 30 heavy (non-hydrogen) atoms. The molecule has 0 spiro atoms. The van der Waals surface area contributed by atoms with E-state index in [-0.39, 0.29) is 30.9 Å². The Morgan fingerprint density at radius 1 is 1.00 bits per heavy atom. The summed E-state index contributed by atoms with van der Waals surface area (Å²) in [6.45, 7) is -0.300. The van der Waals surface area contributed by atoms with Crippen LogP contribution in [0.3, 0.4) is 0 Å². The SMILES string of the molecule is N#CC[C@]1(c2ccc(Oc3ccccc3OC(F)(F)F)cc2)C[C@H](C(F)(F)F)CN1. The molecule has 10 heteroatoms. The summed E-state index contributed by atoms with van der Waals surface area (Å²) in [4.78, 5) is 0. The van der Waals surface area contributed by atoms with Crippen molar-refractivity contribution in [2.24, 2.45) is 5.92 Å². The van der Waals surface area contributed by atoms with Crippen LogP contribution in [0.2, 0.25) is 0 Å². The normalized spacial score (nSPS) is 21.8. The number of hydrogen-bond acceptors (Lipinski definition) is 4. The Balaban J connectivity index is 1.81. The molecule has 0 aromatic heterocycles. The summed E-state index contributed by atoms with van der Waals surface area (Å²) in [5.41, 5.74) is -0.701. The molecular weight excluding hydrogens is 414 g/mol. The van der Waals surface area contributed by atoms with E-state index < -0.39 is 29.7 Å². The summed E-state index contributed by atoms with van der Waals surface area (Å²) in [5, 5.41) is 11.9. The van der Waals surface area contributed by atoms with Gasteiger partial charge in [0.25, 0.3) is 0 Å². The fraction of sp³-hybridized carbons (Fsp3) is 0.350. The number of hydrogen-bond donors (Lipinski definition) is 1. The Hall–Kier alpha value is -2.93. The van der Waals surface area contributed by atoms with Gasteiger partial charge in [-0.25, -0.2) is 0 Å². The summed E-state index contributed by atoms with van der Waals surface area (Å²) in [7, 11) is 0. The standard InChI is InChI=1S/C20H16F6N2O2/c21-19(22,23)14-11-18(9-10-27,28-12-14)13-5-7-15(8-6-13)29-16-3-1-2-4-17(16)30-20(24,25)26/h1-8,14,28H,9,11-12H2/t14-,18+/m0/s1. The minimum Gasteiger partial charge on any atom is -0.453 e. The summed E-state index contributed by atoms with van der Waals surface area (Å²) < 4.78 is 86.2. The van der Waals surface area contributed by atoms with E-state index in [0.717, 1.165) is 6.07 Å². The molecule has 0 saturated carbocycles. The van der Waals surface area contributed by atoms with Crippen LogP contribution in [0.15, 0.2) is 48.5 Å². The van der Waals surface area contributed by atoms with Crippen LogP contribution in [-0.2, 0) is 5.54 Å². The fourth-order valence-electron chi connectivity index (χ4n) is 3.42. The first kappa shape index (κ1) is 21.8. The van der Waals surface area contributed by atoms with E-state index in [0.29, 0.717) is 5.56 Å². The zero-order valence-corrected chi connectivity index (χ0v) is 15.3. The third-order valence-corrected chi connectivity index (χ3v) is 4.84. The van der Waals surface area contributed by atoms with Crippen molar-refractivity contribution in [2.75, 3.05) is 6.54 Å². The molecular formula is C20H16F6N2O2. The molecule has 1 N–H and O–H groups in total. The second-order valence-corrected chi connectivity index (χ2v) is 6.86. The van der Waals surface area contributed by atoms with Gasteiger partial charge in [0.1, 0.15) is 5.75 Å². The molecule has 1 saturated heterocycles. The van der Waals surface area contributed by atoms with Gasteiger partial charge in [-0.05, 0) is 36.2 Å². The second-order valence-electron chi connectivity index (χ2n) is 6.86. The van der Waals surface area contributed by atoms with E-state index >= 15 is 0 Å². The van der Waals surface area contributed by atoms with E-state index in [1.165, 1.54) is 42.5 Å². The quantitative estimate of drug-likeness (QED) is 0.622. The van der Waals surface area contributed by atoms with Crippen LogP contribution >= 0.6 is 0 Å². The van der Waals surface area contributed by atoms with Gasteiger partial charge in [-0.3, -0.25) is 0 Å². The zero-order chi connectivity index (χ0) is 22.0. The lowest BCUT2D eigenvalue weighted by atomic mass is 9.83. The van der Waals surface area contributed by atoms with Gasteiger partial charge in [0.15, 0.2) is 11.5 Å². The maximum Gasteiger partial charge on any atom is 0.573 e. The Morgan fingerprint density at radius 2 is 1.63 bits per heavy atom. The monoisotopic (exact) mass is 430 g/mol. The number of halogens is 6. The van der Waals surface area contributed by atoms with Crippen molar-refractivity contribution >= 4 is 0 Å². The van der Waals surface area contributed by atoms with Gasteiger partial charge in [0.05, 0.1) is 23.9 Å². The van der Waals surface area contributed by atoms with Crippen LogP contribution in [-0.4, -0.2) is 19.1 Å². The molecule has 1 aliphatic rings. The van der Waals surface area contributed by atoms with Gasteiger partial charge in [0.2, 0.25) is 0 Å². The van der Waals surface area contributed by atoms with Crippen molar-refractivity contribution in [1.82, 2.24) is 5.32 Å². The van der Waals surface area contributed by atoms with Crippen LogP contribution < -0.4 is 14.8 Å². The highest BCUT2D eigenvalue weighted by molar-refractivity contribution is 5.44. The lowest BCUT2D eigenvalue weighted by Gasteiger charge is -2.28. The minimum atomic E-state index is -4.89. The average Bonchev–Trinajstić information content (AvgIpc) is 3.09. The zero-order valence-electron chi connectivity index (χ0n) is 15.3. The summed E-state index contributed by atoms with van der Waals surface area (Å²) in [6.07, 6.45) is -9.72. The minimum absolute atomic E-state index is 0.162. The highest BCUT2D eigenvalue weighted by Gasteiger charge is 2.50. The number of ether oxygens (including phenoxy) is 2. The van der Waals surface area contributed by atoms with Gasteiger partial charge in [-0.15, -0.1) is 13.2 Å². The van der Waals surface area contributed by atoms with Crippen molar-refractivity contribution in [1.29, 1.82) is 5.26 Å². The number of para-hydroxylation sites is 2. The van der Waals surface area contributed by atoms with E-state index in [1.54, 1.807) is 0 Å². The molecule has 2 aromatic rings. The van der Waals surface area contributed by atoms with Crippen LogP contribution in [0.25, 0.3) is 0 Å². The van der Waals surface area contributed by atoms with Crippen LogP contribution in [0, 0.1) is 17.2 Å². The predicted octanol–water partition coefficient (Wildman–Crippen LogP) is 5.66. The Labute approximate surface area is 168 Å². The van der Waals surface area contributed by atoms with Crippen molar-refractivity contribution in [3.8, 4) is 23.3 Å². The molecule has 1 aliphatic heterocycles. The molecule has 2 aromatic carbocycles. The molecule has 0 bridgehead atoms. The molecule has 4 nitrogen and oxygen atoms in total. The van der Waals surface area contributed by atoms with E-state index in [2.05, 4.69) is 10.1 Å². The van der Waals surface area contributed by atoms with Crippen LogP contribution in [0.1, 0.15) is 18.4 Å². The molecule has 0 unspecified atom stereocenters. The molecule has 0 radical (unpaired) electrons. The van der Waals surface area contributed by atoms with E-state index in [9.17, 15) is 26.3 Å². The number of nitriles is 1. The number of nitrogens with one attached hydrogen (secondary N) is 1. The first-order chi connectivity index (χ1) is 14.0. The Bertz CT molecular complexity index is 921. The van der Waals surface area contributed by atoms with Crippen LogP contribution in [0.4, 0.5) is 26.3 Å². The largest absolute Gasteiger partial charge is 0.573 e. The molecule has 2 atom stereocenters. The first-order valence-corrected chi connectivity index (χ1v) is 8.84. The lowest BCUT2D eigenvalue weighted by molar-refractivity contribution is -0.275. The van der Waals surface area contributed by atoms with Crippen molar-refractivity contribution in [2.45, 2.75) is 30.9 Å². The highest BCUT2D eigenvalue weighted by Crippen LogP contribution is 2.44. The number of alkyl halides is 6. The molecule has 0 amide bonds. The maximum atomic E-state index is 13.1. The van der Waals surface area contributed by atoms with Crippen molar-refractivity contribution in [3.63, 3.8) is 0 Å².